The van der Waals surface area contributed by atoms with Crippen LogP contribution in [0, 0.1) is 5.82 Å². The number of amides is 1. The van der Waals surface area contributed by atoms with Crippen LogP contribution < -0.4 is 10.1 Å². The SMILES string of the molecule is COc1cccc(NC(=O)[C@H](C)OC(=O)C2(c3ccc(F)cc3)CCCC2)c1. The first-order valence-corrected chi connectivity index (χ1v) is 9.37. The number of rotatable bonds is 6. The van der Waals surface area contributed by atoms with Crippen LogP contribution in [0.1, 0.15) is 38.2 Å². The van der Waals surface area contributed by atoms with Crippen molar-refractivity contribution in [1.29, 1.82) is 0 Å². The molecular weight excluding hydrogens is 361 g/mol. The number of carbonyl (C=O) groups excluding carboxylic acids is 2. The molecule has 1 fully saturated rings. The van der Waals surface area contributed by atoms with E-state index in [1.165, 1.54) is 12.1 Å². The zero-order valence-corrected chi connectivity index (χ0v) is 16.0. The highest BCUT2D eigenvalue weighted by atomic mass is 19.1. The Morgan fingerprint density at radius 1 is 1.11 bits per heavy atom. The highest BCUT2D eigenvalue weighted by molar-refractivity contribution is 5.96. The molecule has 0 bridgehead atoms. The molecule has 3 rings (SSSR count). The molecule has 0 saturated heterocycles. The van der Waals surface area contributed by atoms with Gasteiger partial charge in [-0.15, -0.1) is 0 Å². The van der Waals surface area contributed by atoms with Crippen molar-refractivity contribution in [3.63, 3.8) is 0 Å². The lowest BCUT2D eigenvalue weighted by Crippen LogP contribution is -2.39. The Bertz CT molecular complexity index is 844. The molecule has 2 aromatic rings. The van der Waals surface area contributed by atoms with Crippen molar-refractivity contribution in [2.75, 3.05) is 12.4 Å². The summed E-state index contributed by atoms with van der Waals surface area (Å²) in [5.74, 6) is -0.598. The number of halogens is 1. The summed E-state index contributed by atoms with van der Waals surface area (Å²) in [6.45, 7) is 1.54. The quantitative estimate of drug-likeness (QED) is 0.757. The fourth-order valence-electron chi connectivity index (χ4n) is 3.63. The lowest BCUT2D eigenvalue weighted by molar-refractivity contribution is -0.159. The van der Waals surface area contributed by atoms with Gasteiger partial charge in [0.05, 0.1) is 12.5 Å². The molecule has 1 amide bonds. The van der Waals surface area contributed by atoms with Crippen molar-refractivity contribution in [1.82, 2.24) is 0 Å². The van der Waals surface area contributed by atoms with Gasteiger partial charge in [0, 0.05) is 11.8 Å². The van der Waals surface area contributed by atoms with E-state index in [9.17, 15) is 14.0 Å². The third-order valence-corrected chi connectivity index (χ3v) is 5.23. The standard InChI is InChI=1S/C22H24FNO4/c1-15(20(25)24-18-6-5-7-19(14-18)27-2)28-21(26)22(12-3-4-13-22)16-8-10-17(23)11-9-16/h5-11,14-15H,3-4,12-13H2,1-2H3,(H,24,25)/t15-/m0/s1. The predicted molar refractivity (Wildman–Crippen MR) is 104 cm³/mol. The number of anilines is 1. The molecule has 0 heterocycles. The molecule has 1 aliphatic rings. The van der Waals surface area contributed by atoms with Gasteiger partial charge in [-0.2, -0.15) is 0 Å². The molecule has 0 aromatic heterocycles. The van der Waals surface area contributed by atoms with Crippen molar-refractivity contribution in [3.05, 3.63) is 59.9 Å². The first-order valence-electron chi connectivity index (χ1n) is 9.37. The van der Waals surface area contributed by atoms with E-state index in [-0.39, 0.29) is 5.82 Å². The van der Waals surface area contributed by atoms with Gasteiger partial charge >= 0.3 is 5.97 Å². The summed E-state index contributed by atoms with van der Waals surface area (Å²) in [5.41, 5.74) is 0.469. The largest absolute Gasteiger partial charge is 0.497 e. The molecular formula is C22H24FNO4. The van der Waals surface area contributed by atoms with Gasteiger partial charge in [-0.3, -0.25) is 9.59 Å². The monoisotopic (exact) mass is 385 g/mol. The van der Waals surface area contributed by atoms with E-state index in [1.807, 2.05) is 0 Å². The van der Waals surface area contributed by atoms with E-state index in [4.69, 9.17) is 9.47 Å². The van der Waals surface area contributed by atoms with Crippen LogP contribution in [-0.2, 0) is 19.7 Å². The number of esters is 1. The summed E-state index contributed by atoms with van der Waals surface area (Å²) in [6.07, 6.45) is 2.06. The topological polar surface area (TPSA) is 64.6 Å². The Balaban J connectivity index is 1.70. The van der Waals surface area contributed by atoms with E-state index in [0.29, 0.717) is 24.3 Å². The molecule has 0 radical (unpaired) electrons. The van der Waals surface area contributed by atoms with Crippen LogP contribution in [0.5, 0.6) is 5.75 Å². The summed E-state index contributed by atoms with van der Waals surface area (Å²) < 4.78 is 24.0. The molecule has 1 N–H and O–H groups in total. The summed E-state index contributed by atoms with van der Waals surface area (Å²) >= 11 is 0. The maximum Gasteiger partial charge on any atom is 0.317 e. The number of ether oxygens (including phenoxy) is 2. The van der Waals surface area contributed by atoms with Crippen molar-refractivity contribution < 1.29 is 23.5 Å². The molecule has 2 aromatic carbocycles. The Morgan fingerprint density at radius 2 is 1.79 bits per heavy atom. The second kappa shape index (κ2) is 8.42. The third kappa shape index (κ3) is 4.16. The lowest BCUT2D eigenvalue weighted by atomic mass is 9.79. The molecule has 0 spiro atoms. The van der Waals surface area contributed by atoms with E-state index in [1.54, 1.807) is 50.4 Å². The van der Waals surface area contributed by atoms with Gasteiger partial charge < -0.3 is 14.8 Å². The predicted octanol–water partition coefficient (Wildman–Crippen LogP) is 4.22. The summed E-state index contributed by atoms with van der Waals surface area (Å²) in [4.78, 5) is 25.5. The van der Waals surface area contributed by atoms with Gasteiger partial charge in [-0.1, -0.05) is 31.0 Å². The van der Waals surface area contributed by atoms with Gasteiger partial charge in [-0.25, -0.2) is 4.39 Å². The Hall–Kier alpha value is -2.89. The highest BCUT2D eigenvalue weighted by Crippen LogP contribution is 2.42. The average Bonchev–Trinajstić information content (AvgIpc) is 3.19. The molecule has 28 heavy (non-hydrogen) atoms. The third-order valence-electron chi connectivity index (χ3n) is 5.23. The highest BCUT2D eigenvalue weighted by Gasteiger charge is 2.45. The van der Waals surface area contributed by atoms with Crippen molar-refractivity contribution >= 4 is 17.6 Å². The number of benzene rings is 2. The second-order valence-corrected chi connectivity index (χ2v) is 7.06. The molecule has 0 aliphatic heterocycles. The van der Waals surface area contributed by atoms with Crippen molar-refractivity contribution in [2.24, 2.45) is 0 Å². The molecule has 1 aliphatic carbocycles. The van der Waals surface area contributed by atoms with Gasteiger partial charge in [0.1, 0.15) is 11.6 Å². The van der Waals surface area contributed by atoms with Gasteiger partial charge in [0.2, 0.25) is 0 Å². The molecule has 0 unspecified atom stereocenters. The molecule has 148 valence electrons. The first kappa shape index (κ1) is 19.9. The zero-order valence-electron chi connectivity index (χ0n) is 16.0. The number of carbonyl (C=O) groups is 2. The van der Waals surface area contributed by atoms with Gasteiger partial charge in [0.25, 0.3) is 5.91 Å². The van der Waals surface area contributed by atoms with Crippen LogP contribution in [0.15, 0.2) is 48.5 Å². The van der Waals surface area contributed by atoms with Crippen molar-refractivity contribution in [2.45, 2.75) is 44.1 Å². The number of nitrogens with one attached hydrogen (secondary N) is 1. The average molecular weight is 385 g/mol. The number of hydrogen-bond donors (Lipinski definition) is 1. The Labute approximate surface area is 163 Å². The normalized spacial score (nSPS) is 16.2. The maximum atomic E-state index is 13.3. The number of methoxy groups -OCH3 is 1. The minimum Gasteiger partial charge on any atom is -0.497 e. The summed E-state index contributed by atoms with van der Waals surface area (Å²) in [7, 11) is 1.54. The van der Waals surface area contributed by atoms with Crippen molar-refractivity contribution in [3.8, 4) is 5.75 Å². The Kier molecular flexibility index (Phi) is 5.97. The fourth-order valence-corrected chi connectivity index (χ4v) is 3.63. The molecule has 5 nitrogen and oxygen atoms in total. The van der Waals surface area contributed by atoms with E-state index in [0.717, 1.165) is 18.4 Å². The lowest BCUT2D eigenvalue weighted by Gasteiger charge is -2.28. The van der Waals surface area contributed by atoms with Crippen LogP contribution >= 0.6 is 0 Å². The zero-order chi connectivity index (χ0) is 20.1. The minimum atomic E-state index is -0.961. The molecule has 6 heteroatoms. The fraction of sp³-hybridized carbons (Fsp3) is 0.364. The second-order valence-electron chi connectivity index (χ2n) is 7.06. The van der Waals surface area contributed by atoms with Crippen LogP contribution in [0.4, 0.5) is 10.1 Å². The summed E-state index contributed by atoms with van der Waals surface area (Å²) in [5, 5.41) is 2.73. The number of hydrogen-bond acceptors (Lipinski definition) is 4. The van der Waals surface area contributed by atoms with Gasteiger partial charge in [0.15, 0.2) is 6.10 Å². The van der Waals surface area contributed by atoms with E-state index < -0.39 is 23.4 Å². The summed E-state index contributed by atoms with van der Waals surface area (Å²) in [6, 6.07) is 12.9. The first-order chi connectivity index (χ1) is 13.4. The van der Waals surface area contributed by atoms with E-state index in [2.05, 4.69) is 5.32 Å². The maximum absolute atomic E-state index is 13.3. The minimum absolute atomic E-state index is 0.351. The van der Waals surface area contributed by atoms with Crippen LogP contribution in [0.25, 0.3) is 0 Å². The van der Waals surface area contributed by atoms with E-state index >= 15 is 0 Å². The van der Waals surface area contributed by atoms with Gasteiger partial charge in [-0.05, 0) is 49.6 Å². The van der Waals surface area contributed by atoms with Crippen LogP contribution in [0.2, 0.25) is 0 Å². The van der Waals surface area contributed by atoms with Crippen LogP contribution in [-0.4, -0.2) is 25.1 Å². The van der Waals surface area contributed by atoms with Crippen LogP contribution in [0.3, 0.4) is 0 Å². The molecule has 1 atom stereocenters. The molecule has 1 saturated carbocycles. The Morgan fingerprint density at radius 3 is 2.43 bits per heavy atom. The smallest absolute Gasteiger partial charge is 0.317 e.